The van der Waals surface area contributed by atoms with Crippen molar-refractivity contribution in [2.24, 2.45) is 0 Å². The quantitative estimate of drug-likeness (QED) is 0.0627. The molecule has 0 bridgehead atoms. The number of carbonyl (C=O) groups is 2. The highest BCUT2D eigenvalue weighted by molar-refractivity contribution is 5.81. The van der Waals surface area contributed by atoms with Gasteiger partial charge in [-0.15, -0.1) is 0 Å². The Morgan fingerprint density at radius 3 is 0.728 bits per heavy atom. The summed E-state index contributed by atoms with van der Waals surface area (Å²) in [6.07, 6.45) is 0.938. The molecule has 1 unspecified atom stereocenters. The average molecular weight is 1180 g/mol. The SMILES string of the molecule is COCCOCCOCCOCCOCCOCCOCCOCCOCCOCCOCCOCCOCCOCCOCCOCCOCCOCCOCCOCCOCCOCCN(C)C(=O)CCC(=O)OC1CCNC1. The van der Waals surface area contributed by atoms with Gasteiger partial charge in [0.25, 0.3) is 0 Å². The molecule has 0 aromatic carbocycles. The van der Waals surface area contributed by atoms with Gasteiger partial charge in [0.2, 0.25) is 5.91 Å². The average Bonchev–Trinajstić information content (AvgIpc) is 3.99. The highest BCUT2D eigenvalue weighted by Crippen LogP contribution is 2.06. The Morgan fingerprint density at radius 1 is 0.321 bits per heavy atom. The van der Waals surface area contributed by atoms with Gasteiger partial charge in [0.15, 0.2) is 0 Å². The summed E-state index contributed by atoms with van der Waals surface area (Å²) in [5, 5.41) is 3.14. The molecule has 0 aliphatic carbocycles. The summed E-state index contributed by atoms with van der Waals surface area (Å²) in [6.45, 7) is 22.8. The van der Waals surface area contributed by atoms with E-state index in [-0.39, 0.29) is 30.8 Å². The Hall–Kier alpha value is -1.98. The third-order valence-corrected chi connectivity index (χ3v) is 10.7. The summed E-state index contributed by atoms with van der Waals surface area (Å²) in [7, 11) is 3.34. The monoisotopic (exact) mass is 1180 g/mol. The molecule has 0 aromatic heterocycles. The number of nitrogens with zero attached hydrogens (tertiary/aromatic N) is 1. The maximum absolute atomic E-state index is 12.2. The van der Waals surface area contributed by atoms with Crippen LogP contribution in [-0.4, -0.2) is 341 Å². The summed E-state index contributed by atoms with van der Waals surface area (Å²) < 4.78 is 126. The molecule has 1 amide bonds. The highest BCUT2D eigenvalue weighted by Gasteiger charge is 2.20. The van der Waals surface area contributed by atoms with Crippen LogP contribution in [0.15, 0.2) is 0 Å². The molecule has 1 aliphatic heterocycles. The van der Waals surface area contributed by atoms with Gasteiger partial charge < -0.3 is 119 Å². The van der Waals surface area contributed by atoms with Crippen LogP contribution in [0.4, 0.5) is 0 Å². The number of ether oxygens (including phenoxy) is 23. The summed E-state index contributed by atoms with van der Waals surface area (Å²) in [6, 6.07) is 0. The van der Waals surface area contributed by atoms with Crippen molar-refractivity contribution in [1.82, 2.24) is 10.2 Å². The molecule has 1 heterocycles. The van der Waals surface area contributed by atoms with E-state index in [0.717, 1.165) is 13.0 Å². The summed E-state index contributed by atoms with van der Waals surface area (Å²) in [4.78, 5) is 25.7. The fraction of sp³-hybridized carbons (Fsp3) is 0.963. The second kappa shape index (κ2) is 67.2. The van der Waals surface area contributed by atoms with E-state index in [9.17, 15) is 9.59 Å². The van der Waals surface area contributed by atoms with Crippen LogP contribution < -0.4 is 5.32 Å². The molecule has 27 nitrogen and oxygen atoms in total. The van der Waals surface area contributed by atoms with Crippen molar-refractivity contribution in [1.29, 1.82) is 0 Å². The number of methoxy groups -OCH3 is 1. The molecule has 1 fully saturated rings. The van der Waals surface area contributed by atoms with Crippen LogP contribution in [0.3, 0.4) is 0 Å². The third-order valence-electron chi connectivity index (χ3n) is 10.7. The largest absolute Gasteiger partial charge is 0.461 e. The highest BCUT2D eigenvalue weighted by atomic mass is 16.6. The van der Waals surface area contributed by atoms with Crippen LogP contribution in [0.25, 0.3) is 0 Å². The molecular weight excluding hydrogens is 1080 g/mol. The Bertz CT molecular complexity index is 1260. The van der Waals surface area contributed by atoms with E-state index in [2.05, 4.69) is 5.32 Å². The smallest absolute Gasteiger partial charge is 0.306 e. The predicted octanol–water partition coefficient (Wildman–Crippen LogP) is 0.125. The number of esters is 1. The maximum atomic E-state index is 12.2. The minimum absolute atomic E-state index is 0.0849. The van der Waals surface area contributed by atoms with Gasteiger partial charge >= 0.3 is 5.97 Å². The number of hydrogen-bond donors (Lipinski definition) is 1. The lowest BCUT2D eigenvalue weighted by molar-refractivity contribution is -0.150. The lowest BCUT2D eigenvalue weighted by atomic mass is 10.2. The normalized spacial score (nSPS) is 13.5. The van der Waals surface area contributed by atoms with Crippen molar-refractivity contribution in [2.45, 2.75) is 25.4 Å². The fourth-order valence-electron chi connectivity index (χ4n) is 6.34. The molecule has 81 heavy (non-hydrogen) atoms. The standard InChI is InChI=1S/C54H106N2O25/c1-56(53(57)3-4-54(58)81-52-5-6-55-51-52)7-8-60-11-12-62-15-16-64-19-20-66-23-24-68-27-28-70-31-32-72-35-36-74-39-40-76-43-44-78-47-48-80-50-49-79-46-45-77-42-41-75-38-37-73-34-33-71-30-29-69-26-25-67-22-21-65-18-17-63-14-13-61-10-9-59-2/h52,55H,3-51H2,1-2H3. The molecule has 0 spiro atoms. The lowest BCUT2D eigenvalue weighted by Crippen LogP contribution is -2.31. The van der Waals surface area contributed by atoms with Crippen LogP contribution in [0, 0.1) is 0 Å². The number of amides is 1. The van der Waals surface area contributed by atoms with E-state index in [0.29, 0.717) is 297 Å². The van der Waals surface area contributed by atoms with Gasteiger partial charge in [-0.05, 0) is 13.0 Å². The van der Waals surface area contributed by atoms with Gasteiger partial charge in [-0.2, -0.15) is 0 Å². The molecule has 1 N–H and O–H groups in total. The van der Waals surface area contributed by atoms with E-state index >= 15 is 0 Å². The molecule has 1 aliphatic rings. The summed E-state index contributed by atoms with van der Waals surface area (Å²) in [5.41, 5.74) is 0. The van der Waals surface area contributed by atoms with Crippen molar-refractivity contribution < 1.29 is 119 Å². The van der Waals surface area contributed by atoms with E-state index in [1.807, 2.05) is 0 Å². The lowest BCUT2D eigenvalue weighted by Gasteiger charge is -2.17. The zero-order valence-electron chi connectivity index (χ0n) is 49.4. The van der Waals surface area contributed by atoms with Crippen molar-refractivity contribution in [3.63, 3.8) is 0 Å². The number of hydrogen-bond acceptors (Lipinski definition) is 26. The van der Waals surface area contributed by atoms with Gasteiger partial charge in [-0.3, -0.25) is 9.59 Å². The van der Waals surface area contributed by atoms with Gasteiger partial charge in [-0.1, -0.05) is 0 Å². The summed E-state index contributed by atoms with van der Waals surface area (Å²) in [5.74, 6) is -0.449. The van der Waals surface area contributed by atoms with Gasteiger partial charge in [-0.25, -0.2) is 0 Å². The third kappa shape index (κ3) is 62.4. The molecule has 0 aromatic rings. The molecule has 0 radical (unpaired) electrons. The van der Waals surface area contributed by atoms with Crippen LogP contribution in [-0.2, 0) is 119 Å². The molecule has 482 valence electrons. The first-order chi connectivity index (χ1) is 40.1. The van der Waals surface area contributed by atoms with Crippen molar-refractivity contribution in [2.75, 3.05) is 318 Å². The van der Waals surface area contributed by atoms with Crippen molar-refractivity contribution in [3.05, 3.63) is 0 Å². The number of nitrogens with one attached hydrogen (secondary N) is 1. The van der Waals surface area contributed by atoms with E-state index in [1.54, 1.807) is 19.1 Å². The number of rotatable bonds is 70. The molecule has 0 saturated carbocycles. The second-order valence-corrected chi connectivity index (χ2v) is 17.3. The summed E-state index contributed by atoms with van der Waals surface area (Å²) >= 11 is 0. The minimum atomic E-state index is -0.333. The van der Waals surface area contributed by atoms with Crippen molar-refractivity contribution >= 4 is 11.9 Å². The van der Waals surface area contributed by atoms with Gasteiger partial charge in [0.1, 0.15) is 6.10 Å². The van der Waals surface area contributed by atoms with Gasteiger partial charge in [0.05, 0.1) is 291 Å². The zero-order chi connectivity index (χ0) is 57.9. The Morgan fingerprint density at radius 2 is 0.531 bits per heavy atom. The molecule has 1 saturated heterocycles. The maximum Gasteiger partial charge on any atom is 0.306 e. The predicted molar refractivity (Wildman–Crippen MR) is 293 cm³/mol. The molecular formula is C54H106N2O25. The van der Waals surface area contributed by atoms with Crippen LogP contribution >= 0.6 is 0 Å². The minimum Gasteiger partial charge on any atom is -0.461 e. The molecule has 1 atom stereocenters. The second-order valence-electron chi connectivity index (χ2n) is 17.3. The van der Waals surface area contributed by atoms with Crippen molar-refractivity contribution in [3.8, 4) is 0 Å². The first-order valence-corrected chi connectivity index (χ1v) is 28.9. The molecule has 27 heteroatoms. The Kier molecular flexibility index (Phi) is 63.9. The van der Waals surface area contributed by atoms with E-state index < -0.39 is 0 Å². The van der Waals surface area contributed by atoms with Crippen LogP contribution in [0.1, 0.15) is 19.3 Å². The van der Waals surface area contributed by atoms with Gasteiger partial charge in [0, 0.05) is 33.7 Å². The number of carbonyl (C=O) groups excluding carboxylic acids is 2. The van der Waals surface area contributed by atoms with Crippen LogP contribution in [0.2, 0.25) is 0 Å². The number of likely N-dealkylation sites (N-methyl/N-ethyl adjacent to an activating group) is 1. The Labute approximate surface area is 482 Å². The topological polar surface area (TPSA) is 262 Å². The first kappa shape index (κ1) is 77.0. The van der Waals surface area contributed by atoms with E-state index in [4.69, 9.17) is 109 Å². The zero-order valence-corrected chi connectivity index (χ0v) is 49.4. The fourth-order valence-corrected chi connectivity index (χ4v) is 6.34. The first-order valence-electron chi connectivity index (χ1n) is 28.9. The molecule has 1 rings (SSSR count). The van der Waals surface area contributed by atoms with Crippen LogP contribution in [0.5, 0.6) is 0 Å². The van der Waals surface area contributed by atoms with E-state index in [1.165, 1.54) is 0 Å². The Balaban J connectivity index is 1.61.